The largest absolute Gasteiger partial charge is 0.492 e. The molecule has 3 aromatic heterocycles. The minimum atomic E-state index is -0.266. The zero-order valence-corrected chi connectivity index (χ0v) is 15.6. The number of carbonyl (C=O) groups excluding carboxylic acids is 1. The van der Waals surface area contributed by atoms with E-state index in [1.54, 1.807) is 18.6 Å². The first-order chi connectivity index (χ1) is 13.8. The van der Waals surface area contributed by atoms with Gasteiger partial charge in [0.05, 0.1) is 18.4 Å². The van der Waals surface area contributed by atoms with Crippen molar-refractivity contribution in [1.82, 2.24) is 4.98 Å². The molecule has 5 rings (SSSR count). The Morgan fingerprint density at radius 1 is 1.04 bits per heavy atom. The van der Waals surface area contributed by atoms with Crippen molar-refractivity contribution in [3.8, 4) is 27.8 Å². The number of para-hydroxylation sites is 1. The monoisotopic (exact) mass is 392 g/mol. The van der Waals surface area contributed by atoms with Gasteiger partial charge in [-0.3, -0.25) is 4.79 Å². The average Bonchev–Trinajstić information content (AvgIpc) is 3.47. The molecule has 140 valence electrons. The summed E-state index contributed by atoms with van der Waals surface area (Å²) in [6.45, 7) is 0.351. The average molecular weight is 392 g/mol. The lowest BCUT2D eigenvalue weighted by Gasteiger charge is -2.24. The fourth-order valence-corrected chi connectivity index (χ4v) is 4.17. The number of furan rings is 2. The zero-order valence-electron chi connectivity index (χ0n) is 14.8. The number of hydrogen-bond acceptors (Lipinski definition) is 6. The van der Waals surface area contributed by atoms with E-state index >= 15 is 0 Å². The number of amides is 1. The summed E-state index contributed by atoms with van der Waals surface area (Å²) in [5.41, 5.74) is 1.69. The summed E-state index contributed by atoms with van der Waals surface area (Å²) in [7, 11) is 0. The van der Waals surface area contributed by atoms with Crippen LogP contribution in [-0.2, 0) is 11.2 Å². The molecule has 1 atom stereocenters. The summed E-state index contributed by atoms with van der Waals surface area (Å²) in [5, 5.41) is 3.43. The van der Waals surface area contributed by atoms with E-state index in [4.69, 9.17) is 13.6 Å². The number of nitrogens with one attached hydrogen (secondary N) is 1. The minimum absolute atomic E-state index is 0.111. The first-order valence-corrected chi connectivity index (χ1v) is 9.70. The molecule has 0 fully saturated rings. The molecule has 0 saturated heterocycles. The van der Waals surface area contributed by atoms with Crippen molar-refractivity contribution in [1.29, 1.82) is 0 Å². The fourth-order valence-electron chi connectivity index (χ4n) is 3.23. The van der Waals surface area contributed by atoms with Crippen LogP contribution < -0.4 is 10.1 Å². The van der Waals surface area contributed by atoms with Crippen LogP contribution in [0.5, 0.6) is 5.75 Å². The van der Waals surface area contributed by atoms with E-state index in [0.717, 1.165) is 16.2 Å². The quantitative estimate of drug-likeness (QED) is 0.537. The van der Waals surface area contributed by atoms with Crippen LogP contribution in [0.15, 0.2) is 69.9 Å². The van der Waals surface area contributed by atoms with E-state index in [1.165, 1.54) is 11.3 Å². The van der Waals surface area contributed by atoms with E-state index in [-0.39, 0.29) is 11.8 Å². The molecule has 0 aliphatic carbocycles. The molecule has 0 spiro atoms. The molecule has 1 amide bonds. The van der Waals surface area contributed by atoms with Crippen LogP contribution in [0.2, 0.25) is 0 Å². The van der Waals surface area contributed by atoms with E-state index in [0.29, 0.717) is 35.4 Å². The number of fused-ring (bicyclic) bond motifs is 1. The Kier molecular flexibility index (Phi) is 4.21. The Morgan fingerprint density at radius 3 is 2.61 bits per heavy atom. The highest BCUT2D eigenvalue weighted by Gasteiger charge is 2.27. The topological polar surface area (TPSA) is 77.5 Å². The second-order valence-electron chi connectivity index (χ2n) is 6.46. The lowest BCUT2D eigenvalue weighted by molar-refractivity contribution is -0.121. The highest BCUT2D eigenvalue weighted by Crippen LogP contribution is 2.39. The van der Waals surface area contributed by atoms with Crippen molar-refractivity contribution < 1.29 is 18.4 Å². The Bertz CT molecular complexity index is 1050. The number of anilines is 1. The van der Waals surface area contributed by atoms with Crippen LogP contribution in [0.3, 0.4) is 0 Å². The highest BCUT2D eigenvalue weighted by molar-refractivity contribution is 7.19. The van der Waals surface area contributed by atoms with E-state index < -0.39 is 0 Å². The summed E-state index contributed by atoms with van der Waals surface area (Å²) in [4.78, 5) is 18.2. The lowest BCUT2D eigenvalue weighted by atomic mass is 9.96. The Balaban J connectivity index is 1.40. The zero-order chi connectivity index (χ0) is 18.9. The van der Waals surface area contributed by atoms with Crippen LogP contribution in [0.25, 0.3) is 22.1 Å². The molecule has 6 nitrogen and oxygen atoms in total. The summed E-state index contributed by atoms with van der Waals surface area (Å²) in [6, 6.07) is 15.1. The van der Waals surface area contributed by atoms with Crippen molar-refractivity contribution in [2.75, 3.05) is 11.9 Å². The molecule has 0 saturated carbocycles. The molecule has 1 N–H and O–H groups in total. The molecule has 0 bridgehead atoms. The SMILES string of the molecule is O=C(Nc1nc(-c2ccco2)c(-c2ccco2)s1)[C@H]1COc2ccccc2C1. The summed E-state index contributed by atoms with van der Waals surface area (Å²) < 4.78 is 16.8. The number of ether oxygens (including phenoxy) is 1. The first kappa shape index (κ1) is 16.8. The Hall–Kier alpha value is -3.32. The molecule has 4 aromatic rings. The molecule has 4 heterocycles. The third kappa shape index (κ3) is 3.10. The molecule has 0 radical (unpaired) electrons. The highest BCUT2D eigenvalue weighted by atomic mass is 32.1. The second kappa shape index (κ2) is 7.01. The van der Waals surface area contributed by atoms with Gasteiger partial charge in [0.1, 0.15) is 28.7 Å². The normalized spacial score (nSPS) is 15.6. The molecule has 1 aliphatic heterocycles. The second-order valence-corrected chi connectivity index (χ2v) is 7.46. The van der Waals surface area contributed by atoms with Crippen LogP contribution >= 0.6 is 11.3 Å². The number of carbonyl (C=O) groups is 1. The van der Waals surface area contributed by atoms with Gasteiger partial charge in [-0.2, -0.15) is 0 Å². The van der Waals surface area contributed by atoms with Gasteiger partial charge in [0.15, 0.2) is 10.9 Å². The number of aromatic nitrogens is 1. The maximum atomic E-state index is 12.8. The van der Waals surface area contributed by atoms with Gasteiger partial charge < -0.3 is 18.9 Å². The van der Waals surface area contributed by atoms with Gasteiger partial charge in [-0.15, -0.1) is 0 Å². The van der Waals surface area contributed by atoms with Crippen molar-refractivity contribution >= 4 is 22.4 Å². The third-order valence-electron chi connectivity index (χ3n) is 4.61. The number of thiazole rings is 1. The number of nitrogens with zero attached hydrogens (tertiary/aromatic N) is 1. The summed E-state index contributed by atoms with van der Waals surface area (Å²) >= 11 is 1.36. The van der Waals surface area contributed by atoms with Gasteiger partial charge in [0, 0.05) is 0 Å². The van der Waals surface area contributed by atoms with E-state index in [2.05, 4.69) is 10.3 Å². The van der Waals surface area contributed by atoms with Crippen LogP contribution in [0.1, 0.15) is 5.56 Å². The maximum Gasteiger partial charge on any atom is 0.233 e. The third-order valence-corrected chi connectivity index (χ3v) is 5.59. The molecule has 1 aromatic carbocycles. The van der Waals surface area contributed by atoms with Crippen molar-refractivity contribution in [3.05, 3.63) is 66.6 Å². The molecule has 1 aliphatic rings. The minimum Gasteiger partial charge on any atom is -0.492 e. The van der Waals surface area contributed by atoms with Gasteiger partial charge in [0.25, 0.3) is 0 Å². The van der Waals surface area contributed by atoms with Crippen molar-refractivity contribution in [2.45, 2.75) is 6.42 Å². The summed E-state index contributed by atoms with van der Waals surface area (Å²) in [5.74, 6) is 1.77. The summed E-state index contributed by atoms with van der Waals surface area (Å²) in [6.07, 6.45) is 3.84. The Labute approximate surface area is 164 Å². The van der Waals surface area contributed by atoms with Gasteiger partial charge in [-0.1, -0.05) is 29.5 Å². The first-order valence-electron chi connectivity index (χ1n) is 8.88. The molecule has 28 heavy (non-hydrogen) atoms. The van der Waals surface area contributed by atoms with Gasteiger partial charge >= 0.3 is 0 Å². The maximum absolute atomic E-state index is 12.8. The molecule has 0 unspecified atom stereocenters. The van der Waals surface area contributed by atoms with Gasteiger partial charge in [0.2, 0.25) is 5.91 Å². The number of hydrogen-bond donors (Lipinski definition) is 1. The van der Waals surface area contributed by atoms with Gasteiger partial charge in [-0.05, 0) is 42.3 Å². The van der Waals surface area contributed by atoms with Crippen LogP contribution in [-0.4, -0.2) is 17.5 Å². The predicted octanol–water partition coefficient (Wildman–Crippen LogP) is 4.85. The lowest BCUT2D eigenvalue weighted by Crippen LogP contribution is -2.32. The molecular formula is C21H16N2O4S. The fraction of sp³-hybridized carbons (Fsp3) is 0.143. The smallest absolute Gasteiger partial charge is 0.233 e. The van der Waals surface area contributed by atoms with Crippen LogP contribution in [0, 0.1) is 5.92 Å². The number of rotatable bonds is 4. The van der Waals surface area contributed by atoms with Gasteiger partial charge in [-0.25, -0.2) is 4.98 Å². The molecular weight excluding hydrogens is 376 g/mol. The van der Waals surface area contributed by atoms with Crippen molar-refractivity contribution in [2.24, 2.45) is 5.92 Å². The standard InChI is InChI=1S/C21H16N2O4S/c24-20(14-11-13-5-1-2-6-15(13)27-12-14)23-21-22-18(16-7-3-9-25-16)19(28-21)17-8-4-10-26-17/h1-10,14H,11-12H2,(H,22,23,24)/t14-/m1/s1. The van der Waals surface area contributed by atoms with E-state index in [1.807, 2.05) is 42.5 Å². The van der Waals surface area contributed by atoms with Crippen molar-refractivity contribution in [3.63, 3.8) is 0 Å². The Morgan fingerprint density at radius 2 is 1.82 bits per heavy atom. The van der Waals surface area contributed by atoms with E-state index in [9.17, 15) is 4.79 Å². The van der Waals surface area contributed by atoms with Crippen LogP contribution in [0.4, 0.5) is 5.13 Å². The number of benzene rings is 1. The molecule has 7 heteroatoms. The predicted molar refractivity (Wildman–Crippen MR) is 105 cm³/mol.